The lowest BCUT2D eigenvalue weighted by Crippen LogP contribution is -2.32. The number of pyridine rings is 1. The Morgan fingerprint density at radius 3 is 2.74 bits per heavy atom. The van der Waals surface area contributed by atoms with Gasteiger partial charge in [-0.2, -0.15) is 0 Å². The number of benzene rings is 2. The molecule has 1 amide bonds. The monoisotopic (exact) mass is 439 g/mol. The van der Waals surface area contributed by atoms with Crippen LogP contribution in [-0.4, -0.2) is 17.4 Å². The van der Waals surface area contributed by atoms with Crippen molar-refractivity contribution in [2.45, 2.75) is 16.7 Å². The minimum atomic E-state index is -0.0956. The average Bonchev–Trinajstić information content (AvgIpc) is 2.83. The number of aromatic nitrogens is 1. The third-order valence-corrected chi connectivity index (χ3v) is 6.01. The molecule has 1 aliphatic rings. The molecule has 6 heteroatoms. The molecule has 1 atom stereocenters. The van der Waals surface area contributed by atoms with E-state index in [1.54, 1.807) is 12.4 Å². The van der Waals surface area contributed by atoms with Gasteiger partial charge in [-0.3, -0.25) is 15.1 Å². The van der Waals surface area contributed by atoms with Crippen molar-refractivity contribution in [1.82, 2.24) is 10.3 Å². The molecule has 0 saturated heterocycles. The van der Waals surface area contributed by atoms with E-state index in [1.807, 2.05) is 17.8 Å². The zero-order valence-corrected chi connectivity index (χ0v) is 16.9. The van der Waals surface area contributed by atoms with Gasteiger partial charge in [0.2, 0.25) is 5.91 Å². The molecule has 0 radical (unpaired) electrons. The van der Waals surface area contributed by atoms with Gasteiger partial charge in [0.1, 0.15) is 0 Å². The van der Waals surface area contributed by atoms with E-state index in [1.165, 1.54) is 21.6 Å². The predicted octanol–water partition coefficient (Wildman–Crippen LogP) is 4.77. The fraction of sp³-hybridized carbons (Fsp3) is 0.143. The van der Waals surface area contributed by atoms with Gasteiger partial charge in [0.15, 0.2) is 0 Å². The van der Waals surface area contributed by atoms with Crippen molar-refractivity contribution in [2.24, 2.45) is 0 Å². The molecule has 0 fully saturated rings. The largest absolute Gasteiger partial charge is 0.324 e. The number of halogens is 1. The van der Waals surface area contributed by atoms with Crippen LogP contribution in [0.5, 0.6) is 0 Å². The van der Waals surface area contributed by atoms with Crippen LogP contribution in [-0.2, 0) is 10.5 Å². The Morgan fingerprint density at radius 1 is 1.11 bits per heavy atom. The standard InChI is InChI=1S/C21H18BrN3OS/c22-15-9-16(11-23-10-15)25-20(26)12-24-21-17-6-2-1-5-14(17)13-27-19-8-4-3-7-18(19)21/h1-11,21,24H,12-13H2,(H,25,26). The summed E-state index contributed by atoms with van der Waals surface area (Å²) in [7, 11) is 0. The molecule has 1 unspecified atom stereocenters. The summed E-state index contributed by atoms with van der Waals surface area (Å²) < 4.78 is 0.830. The zero-order chi connectivity index (χ0) is 18.6. The third kappa shape index (κ3) is 4.24. The lowest BCUT2D eigenvalue weighted by molar-refractivity contribution is -0.115. The van der Waals surface area contributed by atoms with Gasteiger partial charge < -0.3 is 5.32 Å². The smallest absolute Gasteiger partial charge is 0.238 e. The van der Waals surface area contributed by atoms with Gasteiger partial charge in [-0.05, 0) is 44.8 Å². The molecule has 0 saturated carbocycles. The Balaban J connectivity index is 1.55. The van der Waals surface area contributed by atoms with E-state index in [4.69, 9.17) is 0 Å². The Bertz CT molecular complexity index is 931. The number of nitrogens with zero attached hydrogens (tertiary/aromatic N) is 1. The first-order valence-electron chi connectivity index (χ1n) is 8.64. The van der Waals surface area contributed by atoms with E-state index in [0.717, 1.165) is 10.2 Å². The average molecular weight is 440 g/mol. The topological polar surface area (TPSA) is 54.0 Å². The lowest BCUT2D eigenvalue weighted by Gasteiger charge is -2.21. The van der Waals surface area contributed by atoms with Gasteiger partial charge in [-0.1, -0.05) is 42.5 Å². The highest BCUT2D eigenvalue weighted by atomic mass is 79.9. The van der Waals surface area contributed by atoms with Crippen molar-refractivity contribution in [3.8, 4) is 0 Å². The highest BCUT2D eigenvalue weighted by Crippen LogP contribution is 2.39. The minimum absolute atomic E-state index is 0.0150. The highest BCUT2D eigenvalue weighted by molar-refractivity contribution is 9.10. The molecule has 2 aromatic carbocycles. The maximum absolute atomic E-state index is 12.5. The fourth-order valence-corrected chi connectivity index (χ4v) is 4.69. The summed E-state index contributed by atoms with van der Waals surface area (Å²) in [5.41, 5.74) is 4.41. The number of thioether (sulfide) groups is 1. The van der Waals surface area contributed by atoms with Crippen LogP contribution in [0.1, 0.15) is 22.7 Å². The molecule has 4 rings (SSSR count). The normalized spacial score (nSPS) is 15.4. The van der Waals surface area contributed by atoms with Crippen molar-refractivity contribution in [3.05, 3.63) is 88.2 Å². The maximum Gasteiger partial charge on any atom is 0.238 e. The second-order valence-electron chi connectivity index (χ2n) is 6.28. The number of hydrogen-bond acceptors (Lipinski definition) is 4. The molecule has 2 heterocycles. The first kappa shape index (κ1) is 18.2. The van der Waals surface area contributed by atoms with Crippen LogP contribution in [0.15, 0.2) is 76.4 Å². The molecule has 3 aromatic rings. The summed E-state index contributed by atoms with van der Waals surface area (Å²) in [6.45, 7) is 0.213. The molecule has 136 valence electrons. The molecule has 0 bridgehead atoms. The van der Waals surface area contributed by atoms with Crippen LogP contribution >= 0.6 is 27.7 Å². The van der Waals surface area contributed by atoms with Crippen LogP contribution < -0.4 is 10.6 Å². The third-order valence-electron chi connectivity index (χ3n) is 4.43. The number of nitrogens with one attached hydrogen (secondary N) is 2. The van der Waals surface area contributed by atoms with E-state index in [9.17, 15) is 4.79 Å². The van der Waals surface area contributed by atoms with Crippen LogP contribution in [0.4, 0.5) is 5.69 Å². The summed E-state index contributed by atoms with van der Waals surface area (Å²) in [6, 6.07) is 18.6. The quantitative estimate of drug-likeness (QED) is 0.614. The molecule has 0 spiro atoms. The molecular weight excluding hydrogens is 422 g/mol. The molecule has 1 aromatic heterocycles. The molecular formula is C21H18BrN3OS. The van der Waals surface area contributed by atoms with Crippen LogP contribution in [0.25, 0.3) is 0 Å². The molecule has 4 nitrogen and oxygen atoms in total. The van der Waals surface area contributed by atoms with Crippen molar-refractivity contribution >= 4 is 39.3 Å². The predicted molar refractivity (Wildman–Crippen MR) is 113 cm³/mol. The van der Waals surface area contributed by atoms with Gasteiger partial charge in [0.05, 0.1) is 24.5 Å². The summed E-state index contributed by atoms with van der Waals surface area (Å²) >= 11 is 5.21. The second kappa shape index (κ2) is 8.25. The van der Waals surface area contributed by atoms with Gasteiger partial charge in [-0.15, -0.1) is 11.8 Å². The maximum atomic E-state index is 12.5. The Labute approximate surface area is 170 Å². The van der Waals surface area contributed by atoms with Gasteiger partial charge in [-0.25, -0.2) is 0 Å². The van der Waals surface area contributed by atoms with E-state index in [2.05, 4.69) is 80.1 Å². The lowest BCUT2D eigenvalue weighted by atomic mass is 9.95. The second-order valence-corrected chi connectivity index (χ2v) is 8.21. The van der Waals surface area contributed by atoms with Crippen molar-refractivity contribution in [3.63, 3.8) is 0 Å². The van der Waals surface area contributed by atoms with E-state index in [0.29, 0.717) is 5.69 Å². The van der Waals surface area contributed by atoms with Gasteiger partial charge >= 0.3 is 0 Å². The first-order valence-corrected chi connectivity index (χ1v) is 10.4. The van der Waals surface area contributed by atoms with Crippen LogP contribution in [0.2, 0.25) is 0 Å². The van der Waals surface area contributed by atoms with Gasteiger partial charge in [0.25, 0.3) is 0 Å². The summed E-state index contributed by atoms with van der Waals surface area (Å²) in [6.07, 6.45) is 3.32. The van der Waals surface area contributed by atoms with E-state index < -0.39 is 0 Å². The summed E-state index contributed by atoms with van der Waals surface area (Å²) in [4.78, 5) is 17.8. The fourth-order valence-electron chi connectivity index (χ4n) is 3.22. The molecule has 1 aliphatic heterocycles. The Kier molecular flexibility index (Phi) is 5.57. The zero-order valence-electron chi connectivity index (χ0n) is 14.5. The van der Waals surface area contributed by atoms with Gasteiger partial charge in [0, 0.05) is 21.3 Å². The number of fused-ring (bicyclic) bond motifs is 2. The minimum Gasteiger partial charge on any atom is -0.324 e. The van der Waals surface area contributed by atoms with E-state index in [-0.39, 0.29) is 18.5 Å². The SMILES string of the molecule is O=C(CNC1c2ccccc2CSc2ccccc21)Nc1cncc(Br)c1. The number of hydrogen-bond donors (Lipinski definition) is 2. The van der Waals surface area contributed by atoms with Crippen LogP contribution in [0, 0.1) is 0 Å². The Hall–Kier alpha value is -2.15. The van der Waals surface area contributed by atoms with Crippen molar-refractivity contribution in [1.29, 1.82) is 0 Å². The van der Waals surface area contributed by atoms with Crippen LogP contribution in [0.3, 0.4) is 0 Å². The van der Waals surface area contributed by atoms with Crippen molar-refractivity contribution < 1.29 is 4.79 Å². The highest BCUT2D eigenvalue weighted by Gasteiger charge is 2.23. The number of carbonyl (C=O) groups excluding carboxylic acids is 1. The summed E-state index contributed by atoms with van der Waals surface area (Å²) in [5, 5.41) is 6.34. The number of rotatable bonds is 4. The number of amides is 1. The molecule has 2 N–H and O–H groups in total. The number of anilines is 1. The first-order chi connectivity index (χ1) is 13.2. The Morgan fingerprint density at radius 2 is 1.89 bits per heavy atom. The molecule has 0 aliphatic carbocycles. The van der Waals surface area contributed by atoms with E-state index >= 15 is 0 Å². The summed E-state index contributed by atoms with van der Waals surface area (Å²) in [5.74, 6) is 0.836. The molecule has 27 heavy (non-hydrogen) atoms. The van der Waals surface area contributed by atoms with Crippen molar-refractivity contribution in [2.75, 3.05) is 11.9 Å². The number of carbonyl (C=O) groups is 1.